The van der Waals surface area contributed by atoms with Gasteiger partial charge in [-0.25, -0.2) is 0 Å². The molecular formula is C20H18N2O3S. The van der Waals surface area contributed by atoms with E-state index in [1.54, 1.807) is 12.1 Å². The third-order valence-electron chi connectivity index (χ3n) is 4.63. The average Bonchev–Trinajstić information content (AvgIpc) is 3.19. The second-order valence-corrected chi connectivity index (χ2v) is 7.49. The van der Waals surface area contributed by atoms with Crippen LogP contribution in [0.5, 0.6) is 0 Å². The topological polar surface area (TPSA) is 73.4 Å². The van der Waals surface area contributed by atoms with Gasteiger partial charge >= 0.3 is 0 Å². The van der Waals surface area contributed by atoms with Gasteiger partial charge in [-0.15, -0.1) is 0 Å². The molecule has 26 heavy (non-hydrogen) atoms. The fourth-order valence-electron chi connectivity index (χ4n) is 3.20. The van der Waals surface area contributed by atoms with E-state index in [0.717, 1.165) is 39.4 Å². The van der Waals surface area contributed by atoms with Crippen molar-refractivity contribution in [2.24, 2.45) is 0 Å². The highest BCUT2D eigenvalue weighted by atomic mass is 32.2. The van der Waals surface area contributed by atoms with Gasteiger partial charge in [-0.3, -0.25) is 14.5 Å². The molecule has 4 rings (SSSR count). The molecule has 3 aromatic rings. The number of aliphatic hydroxyl groups is 1. The number of para-hydroxylation sites is 1. The highest BCUT2D eigenvalue weighted by molar-refractivity contribution is 8.15. The van der Waals surface area contributed by atoms with Gasteiger partial charge in [0.15, 0.2) is 0 Å². The van der Waals surface area contributed by atoms with Crippen molar-refractivity contribution in [3.63, 3.8) is 0 Å². The average molecular weight is 366 g/mol. The zero-order valence-electron chi connectivity index (χ0n) is 14.0. The Balaban J connectivity index is 1.49. The van der Waals surface area contributed by atoms with E-state index in [2.05, 4.69) is 4.98 Å². The quantitative estimate of drug-likeness (QED) is 0.725. The summed E-state index contributed by atoms with van der Waals surface area (Å²) in [5.74, 6) is -0.142. The van der Waals surface area contributed by atoms with Crippen LogP contribution in [0.1, 0.15) is 16.7 Å². The van der Waals surface area contributed by atoms with Crippen molar-refractivity contribution in [2.75, 3.05) is 0 Å². The first-order valence-corrected chi connectivity index (χ1v) is 9.29. The van der Waals surface area contributed by atoms with Crippen molar-refractivity contribution in [3.05, 3.63) is 71.4 Å². The molecule has 1 fully saturated rings. The Labute approximate surface area is 155 Å². The van der Waals surface area contributed by atoms with Crippen LogP contribution in [0.4, 0.5) is 4.79 Å². The van der Waals surface area contributed by atoms with E-state index in [-0.39, 0.29) is 24.3 Å². The van der Waals surface area contributed by atoms with Crippen molar-refractivity contribution < 1.29 is 14.7 Å². The lowest BCUT2D eigenvalue weighted by atomic mass is 10.1. The molecule has 1 unspecified atom stereocenters. The molecule has 0 aliphatic carbocycles. The van der Waals surface area contributed by atoms with Crippen LogP contribution in [0.2, 0.25) is 0 Å². The number of amides is 2. The number of aromatic nitrogens is 1. The Kier molecular flexibility index (Phi) is 4.53. The number of fused-ring (bicyclic) bond motifs is 1. The fourth-order valence-corrected chi connectivity index (χ4v) is 4.22. The van der Waals surface area contributed by atoms with E-state index < -0.39 is 5.25 Å². The first kappa shape index (κ1) is 16.9. The first-order chi connectivity index (χ1) is 12.7. The van der Waals surface area contributed by atoms with Crippen molar-refractivity contribution in [1.29, 1.82) is 0 Å². The molecule has 1 aliphatic heterocycles. The van der Waals surface area contributed by atoms with Crippen LogP contribution in [-0.4, -0.2) is 31.4 Å². The number of aromatic amines is 1. The molecule has 2 amide bonds. The Morgan fingerprint density at radius 2 is 1.77 bits per heavy atom. The monoisotopic (exact) mass is 366 g/mol. The van der Waals surface area contributed by atoms with E-state index in [4.69, 9.17) is 5.11 Å². The lowest BCUT2D eigenvalue weighted by Crippen LogP contribution is -2.31. The van der Waals surface area contributed by atoms with Crippen LogP contribution in [0.3, 0.4) is 0 Å². The SMILES string of the molecule is O=C1SC(Cc2c[nH]c3ccccc23)C(=O)N1Cc1ccc(CO)cc1. The highest BCUT2D eigenvalue weighted by Crippen LogP contribution is 2.32. The summed E-state index contributed by atoms with van der Waals surface area (Å²) in [6, 6.07) is 15.2. The van der Waals surface area contributed by atoms with Gasteiger partial charge in [-0.1, -0.05) is 54.2 Å². The number of imide groups is 1. The molecule has 1 aromatic heterocycles. The minimum atomic E-state index is -0.390. The van der Waals surface area contributed by atoms with Crippen LogP contribution in [0, 0.1) is 0 Å². The number of carbonyl (C=O) groups is 2. The minimum Gasteiger partial charge on any atom is -0.392 e. The van der Waals surface area contributed by atoms with Gasteiger partial charge in [0.05, 0.1) is 18.4 Å². The van der Waals surface area contributed by atoms with Gasteiger partial charge in [-0.2, -0.15) is 0 Å². The van der Waals surface area contributed by atoms with Crippen LogP contribution in [0.15, 0.2) is 54.7 Å². The molecule has 2 aromatic carbocycles. The van der Waals surface area contributed by atoms with Crippen LogP contribution in [-0.2, 0) is 24.4 Å². The maximum atomic E-state index is 12.7. The molecule has 0 radical (unpaired) electrons. The predicted molar refractivity (Wildman–Crippen MR) is 102 cm³/mol. The molecule has 0 bridgehead atoms. The maximum Gasteiger partial charge on any atom is 0.289 e. The van der Waals surface area contributed by atoms with Gasteiger partial charge in [-0.05, 0) is 29.2 Å². The van der Waals surface area contributed by atoms with E-state index in [1.807, 2.05) is 42.6 Å². The Bertz CT molecular complexity index is 965. The second kappa shape index (κ2) is 6.97. The molecule has 1 aliphatic rings. The molecule has 1 saturated heterocycles. The van der Waals surface area contributed by atoms with Crippen molar-refractivity contribution in [3.8, 4) is 0 Å². The number of hydrogen-bond acceptors (Lipinski definition) is 4. The molecular weight excluding hydrogens is 348 g/mol. The van der Waals surface area contributed by atoms with E-state index in [0.29, 0.717) is 6.42 Å². The molecule has 2 heterocycles. The smallest absolute Gasteiger partial charge is 0.289 e. The van der Waals surface area contributed by atoms with Gasteiger partial charge in [0, 0.05) is 17.1 Å². The standard InChI is InChI=1S/C20H18N2O3S/c23-12-14-7-5-13(6-8-14)11-22-19(24)18(26-20(22)25)9-15-10-21-17-4-2-1-3-16(15)17/h1-8,10,18,21,23H,9,11-12H2. The largest absolute Gasteiger partial charge is 0.392 e. The summed E-state index contributed by atoms with van der Waals surface area (Å²) in [5, 5.41) is 9.60. The van der Waals surface area contributed by atoms with Gasteiger partial charge in [0.1, 0.15) is 0 Å². The zero-order chi connectivity index (χ0) is 18.1. The molecule has 6 heteroatoms. The first-order valence-electron chi connectivity index (χ1n) is 8.41. The van der Waals surface area contributed by atoms with Gasteiger partial charge < -0.3 is 10.1 Å². The Hall–Kier alpha value is -2.57. The predicted octanol–water partition coefficient (Wildman–Crippen LogP) is 3.47. The molecule has 2 N–H and O–H groups in total. The minimum absolute atomic E-state index is 0.0234. The van der Waals surface area contributed by atoms with Gasteiger partial charge in [0.2, 0.25) is 5.91 Å². The molecule has 1 atom stereocenters. The molecule has 0 saturated carbocycles. The zero-order valence-corrected chi connectivity index (χ0v) is 14.8. The van der Waals surface area contributed by atoms with Crippen LogP contribution < -0.4 is 0 Å². The van der Waals surface area contributed by atoms with E-state index >= 15 is 0 Å². The number of H-pyrrole nitrogens is 1. The molecule has 132 valence electrons. The van der Waals surface area contributed by atoms with Crippen LogP contribution >= 0.6 is 11.8 Å². The summed E-state index contributed by atoms with van der Waals surface area (Å²) >= 11 is 1.10. The van der Waals surface area contributed by atoms with Gasteiger partial charge in [0.25, 0.3) is 5.24 Å². The summed E-state index contributed by atoms with van der Waals surface area (Å²) in [4.78, 5) is 29.6. The van der Waals surface area contributed by atoms with Crippen molar-refractivity contribution >= 4 is 33.8 Å². The van der Waals surface area contributed by atoms with Crippen LogP contribution in [0.25, 0.3) is 10.9 Å². The van der Waals surface area contributed by atoms with E-state index in [9.17, 15) is 9.59 Å². The number of carbonyl (C=O) groups excluding carboxylic acids is 2. The summed E-state index contributed by atoms with van der Waals surface area (Å²) in [5.41, 5.74) is 3.76. The summed E-state index contributed by atoms with van der Waals surface area (Å²) in [7, 11) is 0. The highest BCUT2D eigenvalue weighted by Gasteiger charge is 2.39. The second-order valence-electron chi connectivity index (χ2n) is 6.34. The number of nitrogens with zero attached hydrogens (tertiary/aromatic N) is 1. The number of thioether (sulfide) groups is 1. The number of hydrogen-bond donors (Lipinski definition) is 2. The number of benzene rings is 2. The van der Waals surface area contributed by atoms with Crippen molar-refractivity contribution in [1.82, 2.24) is 9.88 Å². The third-order valence-corrected chi connectivity index (χ3v) is 5.71. The summed E-state index contributed by atoms with van der Waals surface area (Å²) < 4.78 is 0. The Morgan fingerprint density at radius 1 is 1.04 bits per heavy atom. The molecule has 5 nitrogen and oxygen atoms in total. The third kappa shape index (κ3) is 3.13. The summed E-state index contributed by atoms with van der Waals surface area (Å²) in [6.45, 7) is 0.241. The normalized spacial score (nSPS) is 17.4. The summed E-state index contributed by atoms with van der Waals surface area (Å²) in [6.07, 6.45) is 2.44. The number of aliphatic hydroxyl groups excluding tert-OH is 1. The number of rotatable bonds is 5. The lowest BCUT2D eigenvalue weighted by Gasteiger charge is -2.14. The maximum absolute atomic E-state index is 12.7. The van der Waals surface area contributed by atoms with Crippen molar-refractivity contribution in [2.45, 2.75) is 24.8 Å². The molecule has 0 spiro atoms. The fraction of sp³-hybridized carbons (Fsp3) is 0.200. The lowest BCUT2D eigenvalue weighted by molar-refractivity contribution is -0.127. The number of nitrogens with one attached hydrogen (secondary N) is 1. The van der Waals surface area contributed by atoms with E-state index in [1.165, 1.54) is 4.90 Å². The Morgan fingerprint density at radius 3 is 2.54 bits per heavy atom.